The summed E-state index contributed by atoms with van der Waals surface area (Å²) in [4.78, 5) is 10.6. The standard InChI is InChI=1S/C11H12O2.C2H6/c1-7-3-2-4-8(5-7)9-6-10(9)11(12)13;1-2/h2-5,9-10H,6H2,1H3,(H,12,13);1-2H3. The third-order valence-corrected chi connectivity index (χ3v) is 2.58. The first-order valence-corrected chi connectivity index (χ1v) is 5.48. The average molecular weight is 206 g/mol. The summed E-state index contributed by atoms with van der Waals surface area (Å²) in [5.74, 6) is -0.536. The Labute approximate surface area is 90.9 Å². The Balaban J connectivity index is 0.000000531. The Hall–Kier alpha value is -1.31. The molecule has 0 aromatic heterocycles. The lowest BCUT2D eigenvalue weighted by molar-refractivity contribution is -0.138. The van der Waals surface area contributed by atoms with Crippen molar-refractivity contribution in [2.45, 2.75) is 33.1 Å². The molecule has 1 fully saturated rings. The van der Waals surface area contributed by atoms with Crippen LogP contribution in [0.3, 0.4) is 0 Å². The Kier molecular flexibility index (Phi) is 3.89. The van der Waals surface area contributed by atoms with Gasteiger partial charge in [-0.15, -0.1) is 0 Å². The number of hydrogen-bond donors (Lipinski definition) is 1. The van der Waals surface area contributed by atoms with E-state index in [2.05, 4.69) is 6.07 Å². The number of benzene rings is 1. The topological polar surface area (TPSA) is 37.3 Å². The van der Waals surface area contributed by atoms with Gasteiger partial charge in [-0.1, -0.05) is 43.7 Å². The lowest BCUT2D eigenvalue weighted by Crippen LogP contribution is -1.98. The largest absolute Gasteiger partial charge is 0.481 e. The number of aryl methyl sites for hydroxylation is 1. The predicted molar refractivity (Wildman–Crippen MR) is 61.0 cm³/mol. The van der Waals surface area contributed by atoms with E-state index in [0.717, 1.165) is 6.42 Å². The average Bonchev–Trinajstić information content (AvgIpc) is 3.00. The van der Waals surface area contributed by atoms with Crippen molar-refractivity contribution in [1.29, 1.82) is 0 Å². The lowest BCUT2D eigenvalue weighted by Gasteiger charge is -1.99. The van der Waals surface area contributed by atoms with Crippen molar-refractivity contribution in [2.75, 3.05) is 0 Å². The first kappa shape index (κ1) is 11.8. The van der Waals surface area contributed by atoms with Gasteiger partial charge in [-0.3, -0.25) is 4.79 Å². The summed E-state index contributed by atoms with van der Waals surface area (Å²) in [6.45, 7) is 6.03. The predicted octanol–water partition coefficient (Wildman–Crippen LogP) is 3.21. The molecule has 0 heterocycles. The maximum absolute atomic E-state index is 10.6. The molecule has 2 unspecified atom stereocenters. The van der Waals surface area contributed by atoms with Gasteiger partial charge in [-0.2, -0.15) is 0 Å². The summed E-state index contributed by atoms with van der Waals surface area (Å²) in [5, 5.41) is 8.75. The summed E-state index contributed by atoms with van der Waals surface area (Å²) in [7, 11) is 0. The fourth-order valence-electron chi connectivity index (χ4n) is 1.74. The Morgan fingerprint density at radius 3 is 2.53 bits per heavy atom. The van der Waals surface area contributed by atoms with E-state index in [0.29, 0.717) is 0 Å². The summed E-state index contributed by atoms with van der Waals surface area (Å²) >= 11 is 0. The molecule has 0 spiro atoms. The van der Waals surface area contributed by atoms with Crippen LogP contribution in [0.4, 0.5) is 0 Å². The SMILES string of the molecule is CC.Cc1cccc(C2CC2C(=O)O)c1. The zero-order valence-electron chi connectivity index (χ0n) is 9.53. The van der Waals surface area contributed by atoms with E-state index in [1.165, 1.54) is 11.1 Å². The van der Waals surface area contributed by atoms with E-state index in [-0.39, 0.29) is 11.8 Å². The minimum absolute atomic E-state index is 0.137. The van der Waals surface area contributed by atoms with E-state index >= 15 is 0 Å². The highest BCUT2D eigenvalue weighted by Crippen LogP contribution is 2.47. The van der Waals surface area contributed by atoms with Gasteiger partial charge in [0.05, 0.1) is 5.92 Å². The molecule has 15 heavy (non-hydrogen) atoms. The van der Waals surface area contributed by atoms with Crippen LogP contribution in [-0.2, 0) is 4.79 Å². The molecule has 1 saturated carbocycles. The minimum Gasteiger partial charge on any atom is -0.481 e. The molecule has 0 bridgehead atoms. The highest BCUT2D eigenvalue weighted by Gasteiger charge is 2.43. The third kappa shape index (κ3) is 2.82. The molecule has 1 N–H and O–H groups in total. The van der Waals surface area contributed by atoms with Gasteiger partial charge in [-0.25, -0.2) is 0 Å². The second kappa shape index (κ2) is 4.96. The van der Waals surface area contributed by atoms with Crippen LogP contribution in [0.15, 0.2) is 24.3 Å². The van der Waals surface area contributed by atoms with Crippen molar-refractivity contribution in [1.82, 2.24) is 0 Å². The summed E-state index contributed by atoms with van der Waals surface area (Å²) < 4.78 is 0. The number of carboxylic acid groups (broad SMARTS) is 1. The Morgan fingerprint density at radius 1 is 1.40 bits per heavy atom. The van der Waals surface area contributed by atoms with Crippen molar-refractivity contribution in [3.8, 4) is 0 Å². The third-order valence-electron chi connectivity index (χ3n) is 2.58. The van der Waals surface area contributed by atoms with Crippen molar-refractivity contribution >= 4 is 5.97 Å². The summed E-state index contributed by atoms with van der Waals surface area (Å²) in [5.41, 5.74) is 2.38. The Morgan fingerprint density at radius 2 is 2.07 bits per heavy atom. The first-order chi connectivity index (χ1) is 7.18. The maximum atomic E-state index is 10.6. The van der Waals surface area contributed by atoms with Crippen LogP contribution in [0.2, 0.25) is 0 Å². The minimum atomic E-state index is -0.661. The lowest BCUT2D eigenvalue weighted by atomic mass is 10.1. The van der Waals surface area contributed by atoms with E-state index in [4.69, 9.17) is 5.11 Å². The molecule has 0 amide bonds. The number of aliphatic carboxylic acids is 1. The van der Waals surface area contributed by atoms with Crippen LogP contribution in [0.1, 0.15) is 37.3 Å². The van der Waals surface area contributed by atoms with Crippen LogP contribution in [0.25, 0.3) is 0 Å². The van der Waals surface area contributed by atoms with Crippen LogP contribution >= 0.6 is 0 Å². The monoisotopic (exact) mass is 206 g/mol. The second-order valence-corrected chi connectivity index (χ2v) is 3.70. The van der Waals surface area contributed by atoms with Gasteiger partial charge >= 0.3 is 5.97 Å². The number of carbonyl (C=O) groups is 1. The van der Waals surface area contributed by atoms with Gasteiger partial charge < -0.3 is 5.11 Å². The molecule has 2 rings (SSSR count). The van der Waals surface area contributed by atoms with Gasteiger partial charge in [0.25, 0.3) is 0 Å². The van der Waals surface area contributed by atoms with E-state index in [1.807, 2.05) is 39.0 Å². The fourth-order valence-corrected chi connectivity index (χ4v) is 1.74. The molecule has 1 aromatic rings. The van der Waals surface area contributed by atoms with Gasteiger partial charge in [0, 0.05) is 0 Å². The molecule has 1 aliphatic carbocycles. The van der Waals surface area contributed by atoms with Gasteiger partial charge in [0.2, 0.25) is 0 Å². The highest BCUT2D eigenvalue weighted by molar-refractivity contribution is 5.75. The van der Waals surface area contributed by atoms with Crippen LogP contribution in [0.5, 0.6) is 0 Å². The molecule has 2 heteroatoms. The molecular weight excluding hydrogens is 188 g/mol. The molecule has 0 aliphatic heterocycles. The normalized spacial score (nSPS) is 22.6. The molecule has 1 aromatic carbocycles. The van der Waals surface area contributed by atoms with Crippen molar-refractivity contribution < 1.29 is 9.90 Å². The summed E-state index contributed by atoms with van der Waals surface area (Å²) in [6, 6.07) is 8.11. The molecule has 1 aliphatic rings. The van der Waals surface area contributed by atoms with E-state index in [9.17, 15) is 4.79 Å². The van der Waals surface area contributed by atoms with Gasteiger partial charge in [0.1, 0.15) is 0 Å². The molecule has 2 atom stereocenters. The number of carboxylic acids is 1. The van der Waals surface area contributed by atoms with Crippen LogP contribution < -0.4 is 0 Å². The zero-order chi connectivity index (χ0) is 11.4. The highest BCUT2D eigenvalue weighted by atomic mass is 16.4. The van der Waals surface area contributed by atoms with Crippen LogP contribution in [0, 0.1) is 12.8 Å². The molecular formula is C13H18O2. The Bertz CT molecular complexity index is 344. The number of hydrogen-bond acceptors (Lipinski definition) is 1. The fraction of sp³-hybridized carbons (Fsp3) is 0.462. The summed E-state index contributed by atoms with van der Waals surface area (Å²) in [6.07, 6.45) is 0.804. The van der Waals surface area contributed by atoms with Crippen molar-refractivity contribution in [3.63, 3.8) is 0 Å². The van der Waals surface area contributed by atoms with Crippen LogP contribution in [-0.4, -0.2) is 11.1 Å². The molecule has 0 radical (unpaired) electrons. The molecule has 2 nitrogen and oxygen atoms in total. The molecule has 82 valence electrons. The quantitative estimate of drug-likeness (QED) is 0.806. The van der Waals surface area contributed by atoms with Crippen molar-refractivity contribution in [3.05, 3.63) is 35.4 Å². The van der Waals surface area contributed by atoms with Gasteiger partial charge in [-0.05, 0) is 24.8 Å². The maximum Gasteiger partial charge on any atom is 0.307 e. The first-order valence-electron chi connectivity index (χ1n) is 5.48. The number of rotatable bonds is 2. The zero-order valence-corrected chi connectivity index (χ0v) is 9.53. The second-order valence-electron chi connectivity index (χ2n) is 3.70. The van der Waals surface area contributed by atoms with E-state index < -0.39 is 5.97 Å². The van der Waals surface area contributed by atoms with Gasteiger partial charge in [0.15, 0.2) is 0 Å². The van der Waals surface area contributed by atoms with E-state index in [1.54, 1.807) is 0 Å². The smallest absolute Gasteiger partial charge is 0.307 e. The van der Waals surface area contributed by atoms with Crippen molar-refractivity contribution in [2.24, 2.45) is 5.92 Å². The molecule has 0 saturated heterocycles.